The highest BCUT2D eigenvalue weighted by Gasteiger charge is 2.05. The molecule has 0 unspecified atom stereocenters. The summed E-state index contributed by atoms with van der Waals surface area (Å²) in [5.41, 5.74) is 13.2. The van der Waals surface area contributed by atoms with E-state index < -0.39 is 0 Å². The van der Waals surface area contributed by atoms with E-state index in [9.17, 15) is 0 Å². The Bertz CT molecular complexity index is 380. The van der Waals surface area contributed by atoms with Crippen LogP contribution in [0.5, 0.6) is 0 Å². The van der Waals surface area contributed by atoms with Gasteiger partial charge in [0, 0.05) is 21.5 Å². The van der Waals surface area contributed by atoms with Crippen LogP contribution >= 0.6 is 44.3 Å². The standard InChI is InChI=1S/C8H8N2S4/c9-5-1-11-3-7(5)13-14-8-4-12-2-6(8)10/h1-4H,9-10H2. The fourth-order valence-electron chi connectivity index (χ4n) is 0.816. The highest BCUT2D eigenvalue weighted by Crippen LogP contribution is 2.44. The van der Waals surface area contributed by atoms with Gasteiger partial charge < -0.3 is 11.5 Å². The summed E-state index contributed by atoms with van der Waals surface area (Å²) in [6.07, 6.45) is 0. The Labute approximate surface area is 98.1 Å². The number of nitrogens with two attached hydrogens (primary N) is 2. The lowest BCUT2D eigenvalue weighted by Gasteiger charge is -1.98. The molecule has 0 amide bonds. The zero-order valence-electron chi connectivity index (χ0n) is 7.10. The monoisotopic (exact) mass is 260 g/mol. The molecule has 0 saturated heterocycles. The lowest BCUT2D eigenvalue weighted by molar-refractivity contribution is 1.58. The van der Waals surface area contributed by atoms with Crippen molar-refractivity contribution in [3.05, 3.63) is 21.5 Å². The molecule has 74 valence electrons. The van der Waals surface area contributed by atoms with E-state index in [4.69, 9.17) is 11.5 Å². The normalized spacial score (nSPS) is 10.6. The van der Waals surface area contributed by atoms with Crippen molar-refractivity contribution in [2.45, 2.75) is 9.79 Å². The molecule has 0 saturated carbocycles. The molecule has 2 rings (SSSR count). The van der Waals surface area contributed by atoms with Gasteiger partial charge >= 0.3 is 0 Å². The van der Waals surface area contributed by atoms with E-state index in [2.05, 4.69) is 10.8 Å². The van der Waals surface area contributed by atoms with Crippen LogP contribution in [0.4, 0.5) is 11.4 Å². The third-order valence-electron chi connectivity index (χ3n) is 1.53. The fraction of sp³-hybridized carbons (Fsp3) is 0. The summed E-state index contributed by atoms with van der Waals surface area (Å²) in [7, 11) is 3.31. The molecule has 2 aromatic rings. The molecule has 0 aliphatic carbocycles. The SMILES string of the molecule is Nc1cscc1SSc1cscc1N. The summed E-state index contributed by atoms with van der Waals surface area (Å²) in [6.45, 7) is 0. The van der Waals surface area contributed by atoms with Crippen molar-refractivity contribution in [3.63, 3.8) is 0 Å². The van der Waals surface area contributed by atoms with Crippen LogP contribution in [0.25, 0.3) is 0 Å². The van der Waals surface area contributed by atoms with Crippen molar-refractivity contribution in [1.29, 1.82) is 0 Å². The molecule has 2 nitrogen and oxygen atoms in total. The first kappa shape index (κ1) is 10.2. The van der Waals surface area contributed by atoms with Crippen molar-refractivity contribution >= 4 is 55.6 Å². The molecular weight excluding hydrogens is 252 g/mol. The molecule has 0 aliphatic heterocycles. The van der Waals surface area contributed by atoms with Gasteiger partial charge in [0.2, 0.25) is 0 Å². The predicted molar refractivity (Wildman–Crippen MR) is 69.2 cm³/mol. The Morgan fingerprint density at radius 3 is 1.50 bits per heavy atom. The van der Waals surface area contributed by atoms with E-state index >= 15 is 0 Å². The van der Waals surface area contributed by atoms with Gasteiger partial charge in [0.05, 0.1) is 21.2 Å². The van der Waals surface area contributed by atoms with E-state index in [0.29, 0.717) is 0 Å². The van der Waals surface area contributed by atoms with Gasteiger partial charge in [-0.05, 0) is 21.6 Å². The molecule has 2 heterocycles. The second kappa shape index (κ2) is 4.48. The van der Waals surface area contributed by atoms with Gasteiger partial charge in [0.25, 0.3) is 0 Å². The molecule has 2 aromatic heterocycles. The molecule has 0 radical (unpaired) electrons. The largest absolute Gasteiger partial charge is 0.397 e. The number of thiophene rings is 2. The van der Waals surface area contributed by atoms with Gasteiger partial charge in [-0.1, -0.05) is 0 Å². The van der Waals surface area contributed by atoms with Crippen LogP contribution in [0.15, 0.2) is 31.3 Å². The van der Waals surface area contributed by atoms with Crippen LogP contribution < -0.4 is 11.5 Å². The zero-order chi connectivity index (χ0) is 9.97. The second-order valence-corrected chi connectivity index (χ2v) is 6.25. The van der Waals surface area contributed by atoms with Crippen molar-refractivity contribution < 1.29 is 0 Å². The predicted octanol–water partition coefficient (Wildman–Crippen LogP) is 3.77. The Kier molecular flexibility index (Phi) is 3.27. The van der Waals surface area contributed by atoms with Crippen LogP contribution in [-0.4, -0.2) is 0 Å². The van der Waals surface area contributed by atoms with E-state index in [1.165, 1.54) is 0 Å². The zero-order valence-corrected chi connectivity index (χ0v) is 10.4. The molecular formula is C8H8N2S4. The third-order valence-corrected chi connectivity index (χ3v) is 5.83. The fourth-order valence-corrected chi connectivity index (χ4v) is 5.13. The van der Waals surface area contributed by atoms with E-state index in [-0.39, 0.29) is 0 Å². The quantitative estimate of drug-likeness (QED) is 0.825. The van der Waals surface area contributed by atoms with Crippen LogP contribution in [-0.2, 0) is 0 Å². The number of nitrogen functional groups attached to an aromatic ring is 2. The molecule has 0 aromatic carbocycles. The average molecular weight is 260 g/mol. The molecule has 0 atom stereocenters. The molecule has 0 bridgehead atoms. The first-order chi connectivity index (χ1) is 6.77. The maximum Gasteiger partial charge on any atom is 0.0569 e. The maximum absolute atomic E-state index is 5.77. The van der Waals surface area contributed by atoms with Crippen LogP contribution in [0.2, 0.25) is 0 Å². The van der Waals surface area contributed by atoms with E-state index in [1.807, 2.05) is 10.8 Å². The molecule has 0 aliphatic rings. The Hall–Kier alpha value is -0.300. The van der Waals surface area contributed by atoms with Gasteiger partial charge in [-0.2, -0.15) is 0 Å². The van der Waals surface area contributed by atoms with Gasteiger partial charge in [-0.25, -0.2) is 0 Å². The summed E-state index contributed by atoms with van der Waals surface area (Å²) in [5, 5.41) is 7.99. The highest BCUT2D eigenvalue weighted by atomic mass is 33.1. The topological polar surface area (TPSA) is 52.0 Å². The smallest absolute Gasteiger partial charge is 0.0569 e. The second-order valence-electron chi connectivity index (χ2n) is 2.55. The number of hydrogen-bond donors (Lipinski definition) is 2. The van der Waals surface area contributed by atoms with Crippen LogP contribution in [0.3, 0.4) is 0 Å². The first-order valence-corrected chi connectivity index (χ1v) is 7.79. The van der Waals surface area contributed by atoms with Crippen molar-refractivity contribution in [1.82, 2.24) is 0 Å². The molecule has 6 heteroatoms. The van der Waals surface area contributed by atoms with Crippen molar-refractivity contribution in [3.8, 4) is 0 Å². The maximum atomic E-state index is 5.77. The van der Waals surface area contributed by atoms with Crippen LogP contribution in [0, 0.1) is 0 Å². The molecule has 14 heavy (non-hydrogen) atoms. The van der Waals surface area contributed by atoms with E-state index in [0.717, 1.165) is 21.2 Å². The van der Waals surface area contributed by atoms with E-state index in [1.54, 1.807) is 44.3 Å². The van der Waals surface area contributed by atoms with Gasteiger partial charge in [0.1, 0.15) is 0 Å². The first-order valence-electron chi connectivity index (χ1n) is 3.75. The minimum absolute atomic E-state index is 0.848. The number of hydrogen-bond acceptors (Lipinski definition) is 6. The summed E-state index contributed by atoms with van der Waals surface area (Å²) in [6, 6.07) is 0. The Morgan fingerprint density at radius 2 is 1.21 bits per heavy atom. The highest BCUT2D eigenvalue weighted by molar-refractivity contribution is 8.76. The van der Waals surface area contributed by atoms with Crippen molar-refractivity contribution in [2.24, 2.45) is 0 Å². The van der Waals surface area contributed by atoms with Crippen LogP contribution in [0.1, 0.15) is 0 Å². The van der Waals surface area contributed by atoms with Gasteiger partial charge in [-0.15, -0.1) is 22.7 Å². The lowest BCUT2D eigenvalue weighted by Crippen LogP contribution is -1.82. The van der Waals surface area contributed by atoms with Gasteiger partial charge in [0.15, 0.2) is 0 Å². The summed E-state index contributed by atoms with van der Waals surface area (Å²) in [4.78, 5) is 2.23. The summed E-state index contributed by atoms with van der Waals surface area (Å²) in [5.74, 6) is 0. The summed E-state index contributed by atoms with van der Waals surface area (Å²) >= 11 is 3.24. The molecule has 4 N–H and O–H groups in total. The summed E-state index contributed by atoms with van der Waals surface area (Å²) < 4.78 is 0. The molecule has 0 fully saturated rings. The Morgan fingerprint density at radius 1 is 0.786 bits per heavy atom. The van der Waals surface area contributed by atoms with Crippen molar-refractivity contribution in [2.75, 3.05) is 11.5 Å². The minimum Gasteiger partial charge on any atom is -0.397 e. The molecule has 0 spiro atoms. The minimum atomic E-state index is 0.848. The third kappa shape index (κ3) is 2.20. The number of rotatable bonds is 3. The van der Waals surface area contributed by atoms with Gasteiger partial charge in [-0.3, -0.25) is 0 Å². The Balaban J connectivity index is 2.02. The average Bonchev–Trinajstić information content (AvgIpc) is 2.72. The lowest BCUT2D eigenvalue weighted by atomic mass is 10.6. The number of anilines is 2.